The standard InChI is InChI=1S/C18H29N3O2S2/c1-7-9-19-16(24)20-14-12(15(22)23-8-2)11-10-17(3,4)21-18(5,6)13(11)25-14/h21H,7-10H2,1-6H3,(H2,19,20,24)/p+1. The Labute approximate surface area is 159 Å². The van der Waals surface area contributed by atoms with Gasteiger partial charge in [0.25, 0.3) is 0 Å². The molecule has 0 radical (unpaired) electrons. The second-order valence-corrected chi connectivity index (χ2v) is 9.18. The number of anilines is 1. The van der Waals surface area contributed by atoms with Crippen molar-refractivity contribution in [3.05, 3.63) is 16.0 Å². The van der Waals surface area contributed by atoms with E-state index in [0.29, 0.717) is 17.3 Å². The first kappa shape index (κ1) is 20.1. The summed E-state index contributed by atoms with van der Waals surface area (Å²) in [6, 6.07) is 0. The van der Waals surface area contributed by atoms with Crippen molar-refractivity contribution < 1.29 is 14.8 Å². The Bertz CT molecular complexity index is 666. The van der Waals surface area contributed by atoms with Crippen LogP contribution in [0.15, 0.2) is 0 Å². The van der Waals surface area contributed by atoms with Gasteiger partial charge in [0.15, 0.2) is 5.11 Å². The lowest BCUT2D eigenvalue weighted by Crippen LogP contribution is -3.03. The third-order valence-electron chi connectivity index (χ3n) is 4.22. The van der Waals surface area contributed by atoms with Gasteiger partial charge in [0.1, 0.15) is 10.5 Å². The van der Waals surface area contributed by atoms with Gasteiger partial charge in [0, 0.05) is 13.0 Å². The summed E-state index contributed by atoms with van der Waals surface area (Å²) in [4.78, 5) is 13.9. The largest absolute Gasteiger partial charge is 0.462 e. The molecule has 2 heterocycles. The molecule has 1 aliphatic rings. The monoisotopic (exact) mass is 384 g/mol. The van der Waals surface area contributed by atoms with Gasteiger partial charge >= 0.3 is 5.97 Å². The zero-order valence-electron chi connectivity index (χ0n) is 16.0. The van der Waals surface area contributed by atoms with E-state index in [9.17, 15) is 4.79 Å². The van der Waals surface area contributed by atoms with Crippen LogP contribution in [-0.4, -0.2) is 29.8 Å². The van der Waals surface area contributed by atoms with E-state index in [4.69, 9.17) is 17.0 Å². The molecule has 0 saturated carbocycles. The van der Waals surface area contributed by atoms with Crippen molar-refractivity contribution >= 4 is 39.6 Å². The van der Waals surface area contributed by atoms with Crippen molar-refractivity contribution in [3.8, 4) is 0 Å². The summed E-state index contributed by atoms with van der Waals surface area (Å²) in [5.74, 6) is -0.269. The topological polar surface area (TPSA) is 67.0 Å². The maximum atomic E-state index is 12.7. The third-order valence-corrected chi connectivity index (χ3v) is 5.95. The maximum Gasteiger partial charge on any atom is 0.341 e. The van der Waals surface area contributed by atoms with Gasteiger partial charge in [0.05, 0.1) is 22.6 Å². The van der Waals surface area contributed by atoms with Gasteiger partial charge in [0.2, 0.25) is 0 Å². The molecule has 0 aromatic carbocycles. The van der Waals surface area contributed by atoms with Crippen LogP contribution in [0, 0.1) is 0 Å². The van der Waals surface area contributed by atoms with E-state index in [1.54, 1.807) is 11.3 Å². The van der Waals surface area contributed by atoms with Gasteiger partial charge in [-0.05, 0) is 58.8 Å². The maximum absolute atomic E-state index is 12.7. The van der Waals surface area contributed by atoms with Crippen LogP contribution in [0.2, 0.25) is 0 Å². The van der Waals surface area contributed by atoms with E-state index in [2.05, 4.69) is 50.6 Å². The predicted octanol–water partition coefficient (Wildman–Crippen LogP) is 2.75. The van der Waals surface area contributed by atoms with E-state index >= 15 is 0 Å². The van der Waals surface area contributed by atoms with Crippen molar-refractivity contribution in [2.24, 2.45) is 0 Å². The lowest BCUT2D eigenvalue weighted by atomic mass is 9.81. The van der Waals surface area contributed by atoms with Gasteiger partial charge in [-0.2, -0.15) is 0 Å². The number of ether oxygens (including phenoxy) is 1. The van der Waals surface area contributed by atoms with Crippen molar-refractivity contribution in [2.75, 3.05) is 18.5 Å². The third kappa shape index (κ3) is 4.51. The Balaban J connectivity index is 2.48. The predicted molar refractivity (Wildman–Crippen MR) is 108 cm³/mol. The normalized spacial score (nSPS) is 17.5. The van der Waals surface area contributed by atoms with Crippen molar-refractivity contribution in [2.45, 2.75) is 65.5 Å². The highest BCUT2D eigenvalue weighted by atomic mass is 32.1. The number of esters is 1. The number of rotatable bonds is 5. The number of carbonyl (C=O) groups excluding carboxylic acids is 1. The minimum Gasteiger partial charge on any atom is -0.462 e. The van der Waals surface area contributed by atoms with E-state index in [0.717, 1.165) is 30.0 Å². The van der Waals surface area contributed by atoms with Crippen molar-refractivity contribution in [3.63, 3.8) is 0 Å². The van der Waals surface area contributed by atoms with E-state index < -0.39 is 0 Å². The molecule has 4 N–H and O–H groups in total. The number of quaternary nitrogens is 1. The summed E-state index contributed by atoms with van der Waals surface area (Å²) in [6.45, 7) is 13.9. The lowest BCUT2D eigenvalue weighted by molar-refractivity contribution is -0.789. The Morgan fingerprint density at radius 2 is 2.00 bits per heavy atom. The number of hydrogen-bond donors (Lipinski definition) is 3. The smallest absolute Gasteiger partial charge is 0.341 e. The molecule has 1 aliphatic heterocycles. The second kappa shape index (κ2) is 7.60. The molecule has 2 rings (SSSR count). The number of fused-ring (bicyclic) bond motifs is 1. The summed E-state index contributed by atoms with van der Waals surface area (Å²) in [6.07, 6.45) is 1.82. The number of carbonyl (C=O) groups is 1. The molecule has 0 saturated heterocycles. The zero-order chi connectivity index (χ0) is 18.8. The van der Waals surface area contributed by atoms with Crippen LogP contribution in [0.1, 0.15) is 68.8 Å². The summed E-state index contributed by atoms with van der Waals surface area (Å²) >= 11 is 6.99. The molecule has 0 atom stereocenters. The van der Waals surface area contributed by atoms with Crippen LogP contribution < -0.4 is 16.0 Å². The molecule has 5 nitrogen and oxygen atoms in total. The fraction of sp³-hybridized carbons (Fsp3) is 0.667. The molecule has 140 valence electrons. The van der Waals surface area contributed by atoms with Gasteiger partial charge in [-0.15, -0.1) is 11.3 Å². The molecular formula is C18H30N3O2S2+. The summed E-state index contributed by atoms with van der Waals surface area (Å²) in [5, 5.41) is 10.1. The van der Waals surface area contributed by atoms with Crippen LogP contribution >= 0.6 is 23.6 Å². The molecular weight excluding hydrogens is 354 g/mol. The van der Waals surface area contributed by atoms with Gasteiger partial charge in [-0.3, -0.25) is 0 Å². The van der Waals surface area contributed by atoms with Crippen LogP contribution in [-0.2, 0) is 16.7 Å². The zero-order valence-corrected chi connectivity index (χ0v) is 17.7. The van der Waals surface area contributed by atoms with E-state index in [1.807, 2.05) is 6.92 Å². The lowest BCUT2D eigenvalue weighted by Gasteiger charge is -2.38. The second-order valence-electron chi connectivity index (χ2n) is 7.75. The minimum atomic E-state index is -0.269. The van der Waals surface area contributed by atoms with E-state index in [-0.39, 0.29) is 17.0 Å². The summed E-state index contributed by atoms with van der Waals surface area (Å²) < 4.78 is 5.35. The molecule has 0 unspecified atom stereocenters. The molecule has 0 aliphatic carbocycles. The Morgan fingerprint density at radius 3 is 2.60 bits per heavy atom. The number of hydrogen-bond acceptors (Lipinski definition) is 4. The quantitative estimate of drug-likeness (QED) is 0.538. The van der Waals surface area contributed by atoms with Gasteiger partial charge in [-0.1, -0.05) is 6.92 Å². The van der Waals surface area contributed by atoms with E-state index in [1.165, 1.54) is 4.88 Å². The minimum absolute atomic E-state index is 0.0249. The fourth-order valence-electron chi connectivity index (χ4n) is 3.60. The van der Waals surface area contributed by atoms with Crippen LogP contribution in [0.25, 0.3) is 0 Å². The number of nitrogens with one attached hydrogen (secondary N) is 2. The number of thiophene rings is 1. The summed E-state index contributed by atoms with van der Waals surface area (Å²) in [7, 11) is 0. The number of thiocarbonyl (C=S) groups is 1. The molecule has 1 aromatic rings. The Kier molecular flexibility index (Phi) is 6.12. The average Bonchev–Trinajstić information content (AvgIpc) is 2.82. The fourth-order valence-corrected chi connectivity index (χ4v) is 5.15. The van der Waals surface area contributed by atoms with Crippen molar-refractivity contribution in [1.82, 2.24) is 5.32 Å². The highest BCUT2D eigenvalue weighted by Crippen LogP contribution is 2.42. The molecule has 0 spiro atoms. The highest BCUT2D eigenvalue weighted by Gasteiger charge is 2.45. The first-order chi connectivity index (χ1) is 11.6. The first-order valence-electron chi connectivity index (χ1n) is 8.86. The highest BCUT2D eigenvalue weighted by molar-refractivity contribution is 7.80. The molecule has 25 heavy (non-hydrogen) atoms. The van der Waals surface area contributed by atoms with Crippen LogP contribution in [0.5, 0.6) is 0 Å². The Morgan fingerprint density at radius 1 is 1.32 bits per heavy atom. The Hall–Kier alpha value is -1.18. The summed E-state index contributed by atoms with van der Waals surface area (Å²) in [5.41, 5.74) is 1.68. The molecule has 0 fully saturated rings. The average molecular weight is 385 g/mol. The van der Waals surface area contributed by atoms with Crippen LogP contribution in [0.4, 0.5) is 5.00 Å². The van der Waals surface area contributed by atoms with Gasteiger partial charge < -0.3 is 20.7 Å². The molecule has 7 heteroatoms. The van der Waals surface area contributed by atoms with Gasteiger partial charge in [-0.25, -0.2) is 4.79 Å². The SMILES string of the molecule is CCCNC(=S)Nc1sc2c(c1C(=O)OCC)CC(C)(C)[NH2+]C2(C)C. The molecule has 0 bridgehead atoms. The first-order valence-corrected chi connectivity index (χ1v) is 10.1. The van der Waals surface area contributed by atoms with Crippen molar-refractivity contribution in [1.29, 1.82) is 0 Å². The van der Waals surface area contributed by atoms with Crippen LogP contribution in [0.3, 0.4) is 0 Å². The molecule has 0 amide bonds. The number of nitrogens with two attached hydrogens (primary N) is 1. The molecule has 1 aromatic heterocycles.